The van der Waals surface area contributed by atoms with Crippen LogP contribution in [-0.2, 0) is 16.4 Å². The Labute approximate surface area is 124 Å². The maximum Gasteiger partial charge on any atom is 0.264 e. The van der Waals surface area contributed by atoms with Crippen molar-refractivity contribution in [2.45, 2.75) is 37.0 Å². The Morgan fingerprint density at radius 1 is 1.24 bits per heavy atom. The quantitative estimate of drug-likeness (QED) is 0.922. The summed E-state index contributed by atoms with van der Waals surface area (Å²) in [5, 5.41) is 0. The number of nitrogens with one attached hydrogen (secondary N) is 1. The number of rotatable bonds is 5. The molecule has 3 rings (SSSR count). The molecule has 110 valence electrons. The molecule has 1 heterocycles. The largest absolute Gasteiger partial charge is 0.264 e. The average Bonchev–Trinajstić information content (AvgIpc) is 3.32. The number of sulfonamides is 1. The standard InChI is InChI=1S/C15H17N3O2S/c1-2-11-5-3-4-6-14(11)21(19,20)18-15-16-10-9-13(17-15)12-7-8-12/h3-6,9-10,12H,2,7-8H2,1H3,(H,16,17,18). The van der Waals surface area contributed by atoms with E-state index in [-0.39, 0.29) is 10.8 Å². The van der Waals surface area contributed by atoms with Crippen LogP contribution in [0.25, 0.3) is 0 Å². The Balaban J connectivity index is 1.90. The molecule has 1 aliphatic rings. The zero-order valence-electron chi connectivity index (χ0n) is 11.8. The van der Waals surface area contributed by atoms with E-state index in [9.17, 15) is 8.42 Å². The molecule has 1 fully saturated rings. The van der Waals surface area contributed by atoms with Crippen molar-refractivity contribution in [3.63, 3.8) is 0 Å². The maximum absolute atomic E-state index is 12.5. The van der Waals surface area contributed by atoms with Crippen LogP contribution in [0.15, 0.2) is 41.4 Å². The maximum atomic E-state index is 12.5. The second-order valence-corrected chi connectivity index (χ2v) is 6.80. The van der Waals surface area contributed by atoms with Crippen LogP contribution in [0.5, 0.6) is 0 Å². The number of benzene rings is 1. The Kier molecular flexibility index (Phi) is 3.63. The van der Waals surface area contributed by atoms with E-state index < -0.39 is 10.0 Å². The van der Waals surface area contributed by atoms with E-state index in [0.717, 1.165) is 24.1 Å². The molecule has 1 aromatic heterocycles. The molecule has 0 bridgehead atoms. The van der Waals surface area contributed by atoms with Crippen molar-refractivity contribution >= 4 is 16.0 Å². The van der Waals surface area contributed by atoms with E-state index in [1.807, 2.05) is 25.1 Å². The van der Waals surface area contributed by atoms with Gasteiger partial charge in [-0.25, -0.2) is 23.1 Å². The van der Waals surface area contributed by atoms with E-state index >= 15 is 0 Å². The highest BCUT2D eigenvalue weighted by atomic mass is 32.2. The van der Waals surface area contributed by atoms with Crippen molar-refractivity contribution in [3.05, 3.63) is 47.8 Å². The minimum absolute atomic E-state index is 0.144. The highest BCUT2D eigenvalue weighted by Crippen LogP contribution is 2.39. The molecule has 0 aliphatic heterocycles. The Morgan fingerprint density at radius 2 is 2.00 bits per heavy atom. The molecule has 1 saturated carbocycles. The smallest absolute Gasteiger partial charge is 0.247 e. The van der Waals surface area contributed by atoms with Crippen molar-refractivity contribution in [1.82, 2.24) is 9.97 Å². The Bertz CT molecular complexity index is 755. The van der Waals surface area contributed by atoms with E-state index in [1.54, 1.807) is 18.3 Å². The fourth-order valence-corrected chi connectivity index (χ4v) is 3.53. The number of hydrogen-bond acceptors (Lipinski definition) is 4. The molecule has 21 heavy (non-hydrogen) atoms. The van der Waals surface area contributed by atoms with E-state index in [4.69, 9.17) is 0 Å². The second-order valence-electron chi connectivity index (χ2n) is 5.15. The summed E-state index contributed by atoms with van der Waals surface area (Å²) >= 11 is 0. The molecular weight excluding hydrogens is 286 g/mol. The molecule has 0 atom stereocenters. The molecule has 6 heteroatoms. The third-order valence-corrected chi connectivity index (χ3v) is 4.97. The van der Waals surface area contributed by atoms with Gasteiger partial charge in [-0.3, -0.25) is 0 Å². The van der Waals surface area contributed by atoms with E-state index in [0.29, 0.717) is 12.3 Å². The van der Waals surface area contributed by atoms with Crippen LogP contribution < -0.4 is 4.72 Å². The molecule has 5 nitrogen and oxygen atoms in total. The lowest BCUT2D eigenvalue weighted by Gasteiger charge is -2.10. The highest BCUT2D eigenvalue weighted by Gasteiger charge is 2.26. The summed E-state index contributed by atoms with van der Waals surface area (Å²) in [6.45, 7) is 1.93. The fraction of sp³-hybridized carbons (Fsp3) is 0.333. The molecule has 0 saturated heterocycles. The fourth-order valence-electron chi connectivity index (χ4n) is 2.26. The third kappa shape index (κ3) is 3.05. The summed E-state index contributed by atoms with van der Waals surface area (Å²) < 4.78 is 27.5. The number of aromatic nitrogens is 2. The summed E-state index contributed by atoms with van der Waals surface area (Å²) in [4.78, 5) is 8.60. The average molecular weight is 303 g/mol. The SMILES string of the molecule is CCc1ccccc1S(=O)(=O)Nc1nccc(C2CC2)n1. The van der Waals surface area contributed by atoms with Crippen molar-refractivity contribution < 1.29 is 8.42 Å². The van der Waals surface area contributed by atoms with Crippen LogP contribution in [0.2, 0.25) is 0 Å². The molecule has 1 aliphatic carbocycles. The zero-order chi connectivity index (χ0) is 14.9. The van der Waals surface area contributed by atoms with Crippen LogP contribution in [0.1, 0.15) is 36.9 Å². The van der Waals surface area contributed by atoms with Gasteiger partial charge in [0.25, 0.3) is 10.0 Å². The van der Waals surface area contributed by atoms with Crippen molar-refractivity contribution in [3.8, 4) is 0 Å². The summed E-state index contributed by atoms with van der Waals surface area (Å²) in [5.41, 5.74) is 1.69. The minimum Gasteiger partial charge on any atom is -0.247 e. The molecule has 2 aromatic rings. The van der Waals surface area contributed by atoms with Crippen LogP contribution in [0, 0.1) is 0 Å². The lowest BCUT2D eigenvalue weighted by atomic mass is 10.2. The minimum atomic E-state index is -3.65. The first-order valence-electron chi connectivity index (χ1n) is 7.04. The van der Waals surface area contributed by atoms with Crippen molar-refractivity contribution in [2.24, 2.45) is 0 Å². The summed E-state index contributed by atoms with van der Waals surface area (Å²) in [5.74, 6) is 0.601. The second kappa shape index (κ2) is 5.44. The molecule has 0 spiro atoms. The van der Waals surface area contributed by atoms with Crippen molar-refractivity contribution in [2.75, 3.05) is 4.72 Å². The van der Waals surface area contributed by atoms with Gasteiger partial charge in [0, 0.05) is 17.8 Å². The zero-order valence-corrected chi connectivity index (χ0v) is 12.6. The van der Waals surface area contributed by atoms with Gasteiger partial charge in [0.2, 0.25) is 5.95 Å². The molecule has 1 N–H and O–H groups in total. The summed E-state index contributed by atoms with van der Waals surface area (Å²) in [7, 11) is -3.65. The van der Waals surface area contributed by atoms with Crippen LogP contribution in [0.3, 0.4) is 0 Å². The predicted octanol–water partition coefficient (Wildman–Crippen LogP) is 2.72. The molecular formula is C15H17N3O2S. The topological polar surface area (TPSA) is 72.0 Å². The lowest BCUT2D eigenvalue weighted by Crippen LogP contribution is -2.17. The predicted molar refractivity (Wildman–Crippen MR) is 80.6 cm³/mol. The van der Waals surface area contributed by atoms with Gasteiger partial charge in [0.05, 0.1) is 4.90 Å². The van der Waals surface area contributed by atoms with Gasteiger partial charge < -0.3 is 0 Å². The number of anilines is 1. The number of nitrogens with zero attached hydrogens (tertiary/aromatic N) is 2. The summed E-state index contributed by atoms with van der Waals surface area (Å²) in [6, 6.07) is 8.81. The van der Waals surface area contributed by atoms with Crippen LogP contribution >= 0.6 is 0 Å². The van der Waals surface area contributed by atoms with Gasteiger partial charge in [-0.05, 0) is 37.0 Å². The van der Waals surface area contributed by atoms with Crippen LogP contribution in [-0.4, -0.2) is 18.4 Å². The first-order chi connectivity index (χ1) is 10.1. The number of hydrogen-bond donors (Lipinski definition) is 1. The highest BCUT2D eigenvalue weighted by molar-refractivity contribution is 7.92. The lowest BCUT2D eigenvalue weighted by molar-refractivity contribution is 0.599. The molecule has 0 amide bonds. The van der Waals surface area contributed by atoms with E-state index in [2.05, 4.69) is 14.7 Å². The molecule has 0 unspecified atom stereocenters. The van der Waals surface area contributed by atoms with Gasteiger partial charge in [-0.1, -0.05) is 25.1 Å². The Hall–Kier alpha value is -1.95. The molecule has 1 aromatic carbocycles. The van der Waals surface area contributed by atoms with Gasteiger partial charge in [-0.15, -0.1) is 0 Å². The van der Waals surface area contributed by atoms with Crippen LogP contribution in [0.4, 0.5) is 5.95 Å². The van der Waals surface area contributed by atoms with Gasteiger partial charge in [-0.2, -0.15) is 0 Å². The van der Waals surface area contributed by atoms with Gasteiger partial charge in [0.1, 0.15) is 0 Å². The number of aryl methyl sites for hydroxylation is 1. The Morgan fingerprint density at radius 3 is 2.71 bits per heavy atom. The van der Waals surface area contributed by atoms with Crippen molar-refractivity contribution in [1.29, 1.82) is 0 Å². The molecule has 0 radical (unpaired) electrons. The normalized spacial score (nSPS) is 14.9. The summed E-state index contributed by atoms with van der Waals surface area (Å²) in [6.07, 6.45) is 4.48. The first-order valence-corrected chi connectivity index (χ1v) is 8.52. The van der Waals surface area contributed by atoms with E-state index in [1.165, 1.54) is 0 Å². The van der Waals surface area contributed by atoms with Gasteiger partial charge >= 0.3 is 0 Å². The monoisotopic (exact) mass is 303 g/mol. The first kappa shape index (κ1) is 14.0. The van der Waals surface area contributed by atoms with Gasteiger partial charge in [0.15, 0.2) is 0 Å². The third-order valence-electron chi connectivity index (χ3n) is 3.54.